The van der Waals surface area contributed by atoms with Gasteiger partial charge in [0.1, 0.15) is 0 Å². The lowest BCUT2D eigenvalue weighted by atomic mass is 10.1. The predicted molar refractivity (Wildman–Crippen MR) is 122 cm³/mol. The second-order valence-corrected chi connectivity index (χ2v) is 9.64. The van der Waals surface area contributed by atoms with Gasteiger partial charge in [0.15, 0.2) is 0 Å². The molecule has 0 aliphatic carbocycles. The number of sulfonamides is 1. The molecule has 0 unspecified atom stereocenters. The Morgan fingerprint density at radius 3 is 2.38 bits per heavy atom. The van der Waals surface area contributed by atoms with Crippen LogP contribution in [0.1, 0.15) is 21.6 Å². The molecule has 1 amide bonds. The van der Waals surface area contributed by atoms with Gasteiger partial charge in [-0.1, -0.05) is 36.4 Å². The number of pyridine rings is 1. The molecule has 1 aliphatic rings. The van der Waals surface area contributed by atoms with Crippen LogP contribution in [0.25, 0.3) is 0 Å². The maximum atomic E-state index is 12.8. The van der Waals surface area contributed by atoms with Gasteiger partial charge in [-0.15, -0.1) is 0 Å². The Kier molecular flexibility index (Phi) is 6.94. The summed E-state index contributed by atoms with van der Waals surface area (Å²) in [5.74, 6) is -0.142. The molecule has 1 aliphatic heterocycles. The number of hydrogen-bond acceptors (Lipinski definition) is 5. The van der Waals surface area contributed by atoms with E-state index < -0.39 is 10.0 Å². The van der Waals surface area contributed by atoms with E-state index >= 15 is 0 Å². The first-order chi connectivity index (χ1) is 15.5. The number of hydrogen-bond donors (Lipinski definition) is 1. The van der Waals surface area contributed by atoms with Crippen LogP contribution in [-0.2, 0) is 23.1 Å². The van der Waals surface area contributed by atoms with E-state index in [1.54, 1.807) is 40.8 Å². The Bertz CT molecular complexity index is 1150. The second-order valence-electron chi connectivity index (χ2n) is 7.70. The van der Waals surface area contributed by atoms with Crippen molar-refractivity contribution in [1.82, 2.24) is 19.5 Å². The minimum Gasteiger partial charge on any atom is -0.346 e. The summed E-state index contributed by atoms with van der Waals surface area (Å²) in [5, 5.41) is 2.90. The Hall–Kier alpha value is -3.07. The molecule has 3 aromatic rings. The van der Waals surface area contributed by atoms with Crippen molar-refractivity contribution < 1.29 is 13.2 Å². The van der Waals surface area contributed by atoms with Crippen LogP contribution in [0.15, 0.2) is 83.9 Å². The number of aromatic nitrogens is 1. The van der Waals surface area contributed by atoms with E-state index in [0.717, 1.165) is 11.3 Å². The zero-order chi connectivity index (χ0) is 22.4. The highest BCUT2D eigenvalue weighted by Crippen LogP contribution is 2.18. The molecule has 166 valence electrons. The SMILES string of the molecule is O=C(NCc1ccccn1)c1cccc(CN2CCN(S(=O)(=O)c3ccccc3)CC2)c1. The molecule has 1 N–H and O–H groups in total. The Labute approximate surface area is 188 Å². The molecular formula is C24H26N4O3S. The minimum absolute atomic E-state index is 0.142. The summed E-state index contributed by atoms with van der Waals surface area (Å²) in [5.41, 5.74) is 2.43. The molecule has 32 heavy (non-hydrogen) atoms. The third-order valence-corrected chi connectivity index (χ3v) is 7.38. The van der Waals surface area contributed by atoms with Gasteiger partial charge in [0.2, 0.25) is 10.0 Å². The molecule has 0 bridgehead atoms. The van der Waals surface area contributed by atoms with Crippen molar-refractivity contribution in [3.05, 3.63) is 95.8 Å². The first-order valence-corrected chi connectivity index (χ1v) is 12.0. The quantitative estimate of drug-likeness (QED) is 0.598. The molecule has 1 fully saturated rings. The highest BCUT2D eigenvalue weighted by Gasteiger charge is 2.28. The number of carbonyl (C=O) groups excluding carboxylic acids is 1. The van der Waals surface area contributed by atoms with Crippen LogP contribution in [0, 0.1) is 0 Å². The van der Waals surface area contributed by atoms with E-state index in [1.165, 1.54) is 0 Å². The number of rotatable bonds is 7. The van der Waals surface area contributed by atoms with E-state index in [-0.39, 0.29) is 5.91 Å². The van der Waals surface area contributed by atoms with E-state index in [4.69, 9.17) is 0 Å². The Morgan fingerprint density at radius 1 is 0.906 bits per heavy atom. The second kappa shape index (κ2) is 10.0. The van der Waals surface area contributed by atoms with Crippen molar-refractivity contribution in [3.63, 3.8) is 0 Å². The Balaban J connectivity index is 1.32. The van der Waals surface area contributed by atoms with Gasteiger partial charge in [0, 0.05) is 44.5 Å². The summed E-state index contributed by atoms with van der Waals surface area (Å²) >= 11 is 0. The summed E-state index contributed by atoms with van der Waals surface area (Å²) < 4.78 is 27.1. The van der Waals surface area contributed by atoms with Crippen LogP contribution >= 0.6 is 0 Å². The number of piperazine rings is 1. The van der Waals surface area contributed by atoms with Crippen molar-refractivity contribution in [1.29, 1.82) is 0 Å². The zero-order valence-corrected chi connectivity index (χ0v) is 18.5. The maximum absolute atomic E-state index is 12.8. The molecule has 0 spiro atoms. The van der Waals surface area contributed by atoms with Crippen LogP contribution in [0.5, 0.6) is 0 Å². The third kappa shape index (κ3) is 5.40. The lowest BCUT2D eigenvalue weighted by Gasteiger charge is -2.34. The molecule has 1 aromatic heterocycles. The van der Waals surface area contributed by atoms with Crippen molar-refractivity contribution >= 4 is 15.9 Å². The van der Waals surface area contributed by atoms with Gasteiger partial charge >= 0.3 is 0 Å². The van der Waals surface area contributed by atoms with Crippen LogP contribution in [0.2, 0.25) is 0 Å². The fourth-order valence-electron chi connectivity index (χ4n) is 3.71. The van der Waals surface area contributed by atoms with Gasteiger partial charge in [-0.3, -0.25) is 14.7 Å². The van der Waals surface area contributed by atoms with Crippen LogP contribution in [0.4, 0.5) is 0 Å². The lowest BCUT2D eigenvalue weighted by molar-refractivity contribution is 0.0950. The molecule has 2 heterocycles. The normalized spacial score (nSPS) is 15.4. The van der Waals surface area contributed by atoms with Gasteiger partial charge in [0.05, 0.1) is 17.1 Å². The summed E-state index contributed by atoms with van der Waals surface area (Å²) in [6.45, 7) is 3.22. The monoisotopic (exact) mass is 450 g/mol. The van der Waals surface area contributed by atoms with Crippen molar-refractivity contribution in [3.8, 4) is 0 Å². The lowest BCUT2D eigenvalue weighted by Crippen LogP contribution is -2.48. The van der Waals surface area contributed by atoms with Gasteiger partial charge in [-0.2, -0.15) is 4.31 Å². The highest BCUT2D eigenvalue weighted by molar-refractivity contribution is 7.89. The smallest absolute Gasteiger partial charge is 0.251 e. The first-order valence-electron chi connectivity index (χ1n) is 10.6. The third-order valence-electron chi connectivity index (χ3n) is 5.46. The molecule has 0 atom stereocenters. The molecule has 0 radical (unpaired) electrons. The number of nitrogens with one attached hydrogen (secondary N) is 1. The largest absolute Gasteiger partial charge is 0.346 e. The summed E-state index contributed by atoms with van der Waals surface area (Å²) in [6.07, 6.45) is 1.70. The van der Waals surface area contributed by atoms with Crippen molar-refractivity contribution in [2.75, 3.05) is 26.2 Å². The van der Waals surface area contributed by atoms with Gasteiger partial charge in [-0.05, 0) is 42.0 Å². The van der Waals surface area contributed by atoms with E-state index in [0.29, 0.717) is 49.7 Å². The van der Waals surface area contributed by atoms with Gasteiger partial charge < -0.3 is 5.32 Å². The van der Waals surface area contributed by atoms with Gasteiger partial charge in [-0.25, -0.2) is 8.42 Å². The minimum atomic E-state index is -3.46. The molecule has 7 nitrogen and oxygen atoms in total. The number of nitrogens with zero attached hydrogens (tertiary/aromatic N) is 3. The number of amides is 1. The average Bonchev–Trinajstić information content (AvgIpc) is 2.84. The molecule has 8 heteroatoms. The standard InChI is InChI=1S/C24H26N4O3S/c29-24(26-18-22-9-4-5-12-25-22)21-8-6-7-20(17-21)19-27-13-15-28(16-14-27)32(30,31)23-10-2-1-3-11-23/h1-12,17H,13-16,18-19H2,(H,26,29). The molecular weight excluding hydrogens is 424 g/mol. The number of benzene rings is 2. The fraction of sp³-hybridized carbons (Fsp3) is 0.250. The summed E-state index contributed by atoms with van der Waals surface area (Å²) in [4.78, 5) is 19.3. The van der Waals surface area contributed by atoms with Crippen LogP contribution in [0.3, 0.4) is 0 Å². The fourth-order valence-corrected chi connectivity index (χ4v) is 5.16. The first kappa shape index (κ1) is 22.1. The average molecular weight is 451 g/mol. The number of carbonyl (C=O) groups is 1. The maximum Gasteiger partial charge on any atom is 0.251 e. The highest BCUT2D eigenvalue weighted by atomic mass is 32.2. The predicted octanol–water partition coefficient (Wildman–Crippen LogP) is 2.52. The molecule has 0 saturated carbocycles. The van der Waals surface area contributed by atoms with E-state index in [9.17, 15) is 13.2 Å². The summed E-state index contributed by atoms with van der Waals surface area (Å²) in [6, 6.07) is 21.7. The topological polar surface area (TPSA) is 82.6 Å². The molecule has 2 aromatic carbocycles. The van der Waals surface area contributed by atoms with Crippen LogP contribution < -0.4 is 5.32 Å². The van der Waals surface area contributed by atoms with Crippen molar-refractivity contribution in [2.24, 2.45) is 0 Å². The van der Waals surface area contributed by atoms with Crippen LogP contribution in [-0.4, -0.2) is 54.7 Å². The Morgan fingerprint density at radius 2 is 1.66 bits per heavy atom. The summed E-state index contributed by atoms with van der Waals surface area (Å²) in [7, 11) is -3.46. The zero-order valence-electron chi connectivity index (χ0n) is 17.7. The van der Waals surface area contributed by atoms with E-state index in [2.05, 4.69) is 15.2 Å². The molecule has 4 rings (SSSR count). The molecule has 1 saturated heterocycles. The van der Waals surface area contributed by atoms with E-state index in [1.807, 2.05) is 42.5 Å². The van der Waals surface area contributed by atoms with Crippen molar-refractivity contribution in [2.45, 2.75) is 18.0 Å². The van der Waals surface area contributed by atoms with Gasteiger partial charge in [0.25, 0.3) is 5.91 Å².